The Morgan fingerprint density at radius 1 is 1.03 bits per heavy atom. The maximum Gasteiger partial charge on any atom is 0.253 e. The fourth-order valence-corrected chi connectivity index (χ4v) is 3.92. The summed E-state index contributed by atoms with van der Waals surface area (Å²) in [6, 6.07) is 11.7. The van der Waals surface area contributed by atoms with E-state index >= 15 is 0 Å². The van der Waals surface area contributed by atoms with E-state index in [-0.39, 0.29) is 18.0 Å². The maximum absolute atomic E-state index is 12.7. The van der Waals surface area contributed by atoms with Crippen molar-refractivity contribution < 1.29 is 14.3 Å². The summed E-state index contributed by atoms with van der Waals surface area (Å²) in [5.41, 5.74) is 4.36. The van der Waals surface area contributed by atoms with Crippen LogP contribution in [0.1, 0.15) is 35.6 Å². The minimum atomic E-state index is -0.162. The van der Waals surface area contributed by atoms with E-state index in [1.54, 1.807) is 4.90 Å². The summed E-state index contributed by atoms with van der Waals surface area (Å²) < 4.78 is 11.2. The fourth-order valence-electron chi connectivity index (χ4n) is 3.92. The van der Waals surface area contributed by atoms with Gasteiger partial charge in [-0.2, -0.15) is 0 Å². The van der Waals surface area contributed by atoms with Crippen molar-refractivity contribution in [2.75, 3.05) is 13.2 Å². The largest absolute Gasteiger partial charge is 0.486 e. The first kappa shape index (κ1) is 20.0. The molecule has 0 spiro atoms. The van der Waals surface area contributed by atoms with Crippen molar-refractivity contribution in [1.82, 2.24) is 9.88 Å². The van der Waals surface area contributed by atoms with Crippen LogP contribution in [0.5, 0.6) is 11.5 Å². The van der Waals surface area contributed by atoms with Gasteiger partial charge < -0.3 is 19.4 Å². The molecule has 6 nitrogen and oxygen atoms in total. The van der Waals surface area contributed by atoms with Gasteiger partial charge in [0.2, 0.25) is 5.91 Å². The summed E-state index contributed by atoms with van der Waals surface area (Å²) in [6.07, 6.45) is 0.369. The summed E-state index contributed by atoms with van der Waals surface area (Å²) in [7, 11) is 0. The topological polar surface area (TPSA) is 71.6 Å². The molecule has 3 aromatic rings. The van der Waals surface area contributed by atoms with Gasteiger partial charge in [-0.1, -0.05) is 24.6 Å². The maximum atomic E-state index is 12.7. The smallest absolute Gasteiger partial charge is 0.253 e. The molecule has 1 aromatic heterocycles. The molecule has 6 heteroatoms. The summed E-state index contributed by atoms with van der Waals surface area (Å²) >= 11 is 0. The van der Waals surface area contributed by atoms with E-state index in [4.69, 9.17) is 9.47 Å². The number of aromatic nitrogens is 1. The highest BCUT2D eigenvalue weighted by Crippen LogP contribution is 2.31. The van der Waals surface area contributed by atoms with Crippen LogP contribution in [0, 0.1) is 13.8 Å². The molecule has 1 aliphatic heterocycles. The SMILES string of the molecule is CCC(=O)N(Cc1ccc2c(c1)OCCO2)Cc1cc2cc(C)cc(C)c2[nH]c1=O. The van der Waals surface area contributed by atoms with E-state index in [1.807, 2.05) is 51.1 Å². The van der Waals surface area contributed by atoms with Crippen molar-refractivity contribution in [2.24, 2.45) is 0 Å². The molecule has 0 saturated heterocycles. The average Bonchev–Trinajstić information content (AvgIpc) is 2.73. The Morgan fingerprint density at radius 3 is 2.57 bits per heavy atom. The molecule has 0 fully saturated rings. The zero-order valence-corrected chi connectivity index (χ0v) is 17.6. The molecule has 0 bridgehead atoms. The lowest BCUT2D eigenvalue weighted by atomic mass is 10.0. The van der Waals surface area contributed by atoms with Gasteiger partial charge >= 0.3 is 0 Å². The van der Waals surface area contributed by atoms with Crippen LogP contribution < -0.4 is 15.0 Å². The zero-order valence-electron chi connectivity index (χ0n) is 17.6. The lowest BCUT2D eigenvalue weighted by Gasteiger charge is -2.24. The van der Waals surface area contributed by atoms with Gasteiger partial charge in [-0.25, -0.2) is 0 Å². The van der Waals surface area contributed by atoms with Crippen LogP contribution in [0.4, 0.5) is 0 Å². The van der Waals surface area contributed by atoms with Crippen LogP contribution in [-0.4, -0.2) is 29.0 Å². The number of rotatable bonds is 5. The molecule has 2 heterocycles. The van der Waals surface area contributed by atoms with Crippen LogP contribution in [0.3, 0.4) is 0 Å². The molecule has 30 heavy (non-hydrogen) atoms. The monoisotopic (exact) mass is 406 g/mol. The Kier molecular flexibility index (Phi) is 5.48. The number of carbonyl (C=O) groups excluding carboxylic acids is 1. The number of fused-ring (bicyclic) bond motifs is 2. The van der Waals surface area contributed by atoms with E-state index in [2.05, 4.69) is 11.1 Å². The van der Waals surface area contributed by atoms with Gasteiger partial charge in [0, 0.05) is 18.5 Å². The van der Waals surface area contributed by atoms with Crippen LogP contribution in [0.2, 0.25) is 0 Å². The van der Waals surface area contributed by atoms with Crippen LogP contribution in [-0.2, 0) is 17.9 Å². The number of aromatic amines is 1. The number of amides is 1. The van der Waals surface area contributed by atoms with Gasteiger partial charge in [-0.05, 0) is 54.6 Å². The second-order valence-corrected chi connectivity index (χ2v) is 7.75. The summed E-state index contributed by atoms with van der Waals surface area (Å²) in [6.45, 7) is 7.55. The second-order valence-electron chi connectivity index (χ2n) is 7.75. The molecule has 0 atom stereocenters. The lowest BCUT2D eigenvalue weighted by Crippen LogP contribution is -2.32. The molecule has 0 unspecified atom stereocenters. The Bertz CT molecular complexity index is 1170. The molecule has 0 saturated carbocycles. The van der Waals surface area contributed by atoms with Crippen LogP contribution >= 0.6 is 0 Å². The van der Waals surface area contributed by atoms with E-state index in [9.17, 15) is 9.59 Å². The van der Waals surface area contributed by atoms with E-state index in [0.717, 1.165) is 33.3 Å². The molecule has 0 radical (unpaired) electrons. The fraction of sp³-hybridized carbons (Fsp3) is 0.333. The molecule has 156 valence electrons. The molecular formula is C24H26N2O4. The number of H-pyrrole nitrogens is 1. The highest BCUT2D eigenvalue weighted by atomic mass is 16.6. The second kappa shape index (κ2) is 8.22. The van der Waals surface area contributed by atoms with Gasteiger partial charge in [0.05, 0.1) is 12.1 Å². The number of benzene rings is 2. The number of nitrogens with one attached hydrogen (secondary N) is 1. The Balaban J connectivity index is 1.64. The number of ether oxygens (including phenoxy) is 2. The predicted molar refractivity (Wildman–Crippen MR) is 116 cm³/mol. The lowest BCUT2D eigenvalue weighted by molar-refractivity contribution is -0.132. The molecule has 4 rings (SSSR count). The number of nitrogens with zero attached hydrogens (tertiary/aromatic N) is 1. The normalized spacial score (nSPS) is 12.8. The molecule has 1 N–H and O–H groups in total. The summed E-state index contributed by atoms with van der Waals surface area (Å²) in [4.78, 5) is 30.1. The van der Waals surface area contributed by atoms with Crippen molar-refractivity contribution in [2.45, 2.75) is 40.3 Å². The first-order valence-corrected chi connectivity index (χ1v) is 10.2. The molecule has 1 aliphatic rings. The van der Waals surface area contributed by atoms with E-state index in [1.165, 1.54) is 0 Å². The average molecular weight is 406 g/mol. The third-order valence-electron chi connectivity index (χ3n) is 5.37. The van der Waals surface area contributed by atoms with Crippen molar-refractivity contribution in [3.63, 3.8) is 0 Å². The third kappa shape index (κ3) is 4.03. The van der Waals surface area contributed by atoms with Gasteiger partial charge in [0.1, 0.15) is 13.2 Å². The first-order chi connectivity index (χ1) is 14.4. The first-order valence-electron chi connectivity index (χ1n) is 10.2. The number of pyridine rings is 1. The van der Waals surface area contributed by atoms with Crippen molar-refractivity contribution in [1.29, 1.82) is 0 Å². The third-order valence-corrected chi connectivity index (χ3v) is 5.37. The van der Waals surface area contributed by atoms with E-state index < -0.39 is 0 Å². The van der Waals surface area contributed by atoms with Gasteiger partial charge in [0.15, 0.2) is 11.5 Å². The summed E-state index contributed by atoms with van der Waals surface area (Å²) in [5, 5.41) is 0.977. The Labute approximate surface area is 175 Å². The standard InChI is InChI=1S/C24H26N2O4/c1-4-22(27)26(13-17-5-6-20-21(11-17)30-8-7-29-20)14-19-12-18-10-15(2)9-16(3)23(18)25-24(19)28/h5-6,9-12H,4,7-8,13-14H2,1-3H3,(H,25,28). The van der Waals surface area contributed by atoms with Crippen molar-refractivity contribution >= 4 is 16.8 Å². The van der Waals surface area contributed by atoms with Crippen molar-refractivity contribution in [3.05, 3.63) is 69.0 Å². The summed E-state index contributed by atoms with van der Waals surface area (Å²) in [5.74, 6) is 1.40. The number of hydrogen-bond donors (Lipinski definition) is 1. The number of hydrogen-bond acceptors (Lipinski definition) is 4. The van der Waals surface area contributed by atoms with Crippen LogP contribution in [0.15, 0.2) is 41.2 Å². The number of carbonyl (C=O) groups is 1. The minimum Gasteiger partial charge on any atom is -0.486 e. The molecule has 1 amide bonds. The Morgan fingerprint density at radius 2 is 1.80 bits per heavy atom. The highest BCUT2D eigenvalue weighted by molar-refractivity contribution is 5.83. The molecular weight excluding hydrogens is 380 g/mol. The minimum absolute atomic E-state index is 0.00944. The highest BCUT2D eigenvalue weighted by Gasteiger charge is 2.18. The predicted octanol–water partition coefficient (Wildman–Crippen LogP) is 3.85. The zero-order chi connectivity index (χ0) is 21.3. The number of aryl methyl sites for hydroxylation is 2. The van der Waals surface area contributed by atoms with Crippen molar-refractivity contribution in [3.8, 4) is 11.5 Å². The van der Waals surface area contributed by atoms with E-state index in [0.29, 0.717) is 37.5 Å². The van der Waals surface area contributed by atoms with Crippen LogP contribution in [0.25, 0.3) is 10.9 Å². The van der Waals surface area contributed by atoms with Gasteiger partial charge in [-0.3, -0.25) is 9.59 Å². The Hall–Kier alpha value is -3.28. The molecule has 0 aliphatic carbocycles. The quantitative estimate of drug-likeness (QED) is 0.699. The van der Waals surface area contributed by atoms with Gasteiger partial charge in [-0.15, -0.1) is 0 Å². The molecule has 2 aromatic carbocycles. The van der Waals surface area contributed by atoms with Gasteiger partial charge in [0.25, 0.3) is 5.56 Å².